The van der Waals surface area contributed by atoms with Gasteiger partial charge in [-0.1, -0.05) is 72.8 Å². The number of hydrogen-bond donors (Lipinski definition) is 4. The molecular weight excluding hydrogens is 641 g/mol. The molecule has 2 aliphatic rings. The van der Waals surface area contributed by atoms with Gasteiger partial charge in [0.05, 0.1) is 23.6 Å². The molecule has 0 bridgehead atoms. The monoisotopic (exact) mass is 682 g/mol. The van der Waals surface area contributed by atoms with Crippen LogP contribution in [0.3, 0.4) is 0 Å². The average Bonchev–Trinajstić information content (AvgIpc) is 3.20. The number of amides is 3. The number of hydrogen-bond acceptors (Lipinski definition) is 7. The molecule has 0 saturated carbocycles. The van der Waals surface area contributed by atoms with Crippen molar-refractivity contribution in [1.29, 1.82) is 0 Å². The predicted octanol–water partition coefficient (Wildman–Crippen LogP) is 3.59. The highest BCUT2D eigenvalue weighted by Crippen LogP contribution is 2.30. The second kappa shape index (κ2) is 15.6. The maximum atomic E-state index is 14.0. The molecule has 1 unspecified atom stereocenters. The van der Waals surface area contributed by atoms with E-state index in [0.29, 0.717) is 36.1 Å². The zero-order valence-corrected chi connectivity index (χ0v) is 28.7. The molecule has 4 N–H and O–H groups in total. The number of para-hydroxylation sites is 1. The van der Waals surface area contributed by atoms with Gasteiger partial charge in [-0.25, -0.2) is 0 Å². The number of carbonyl (C=O) groups excluding carboxylic acids is 3. The van der Waals surface area contributed by atoms with Gasteiger partial charge in [0.15, 0.2) is 0 Å². The highest BCUT2D eigenvalue weighted by Gasteiger charge is 2.33. The van der Waals surface area contributed by atoms with Crippen molar-refractivity contribution in [1.82, 2.24) is 16.0 Å². The topological polar surface area (TPSA) is 145 Å². The van der Waals surface area contributed by atoms with E-state index in [2.05, 4.69) is 16.0 Å². The fraction of sp³-hybridized carbons (Fsp3) is 0.316. The lowest BCUT2D eigenvalue weighted by Gasteiger charge is -2.29. The van der Waals surface area contributed by atoms with Crippen molar-refractivity contribution in [2.75, 3.05) is 11.4 Å². The first kappa shape index (κ1) is 35.5. The normalized spacial score (nSPS) is 18.2. The number of fused-ring (bicyclic) bond motifs is 1. The van der Waals surface area contributed by atoms with Crippen molar-refractivity contribution >= 4 is 44.1 Å². The molecule has 5 rings (SSSR count). The van der Waals surface area contributed by atoms with Crippen molar-refractivity contribution < 1.29 is 27.9 Å². The van der Waals surface area contributed by atoms with E-state index >= 15 is 0 Å². The SMILES string of the molecule is C[C@@H](O)CNC(C)(C)CC(=O)N[C@@H]1CCc2ccccc2N(Cc2ccc(C3=CC=CC(=S(=O)=O)C3NC(=O)c3ccccc3)cc2)C1=O. The molecule has 0 spiro atoms. The molecule has 256 valence electrons. The Labute approximate surface area is 288 Å². The summed E-state index contributed by atoms with van der Waals surface area (Å²) in [6.07, 6.45) is 5.55. The second-order valence-corrected chi connectivity index (χ2v) is 14.0. The molecule has 0 fully saturated rings. The molecule has 49 heavy (non-hydrogen) atoms. The fourth-order valence-electron chi connectivity index (χ4n) is 6.09. The molecule has 0 radical (unpaired) electrons. The van der Waals surface area contributed by atoms with Crippen LogP contribution < -0.4 is 20.9 Å². The van der Waals surface area contributed by atoms with Crippen LogP contribution in [0.4, 0.5) is 5.69 Å². The molecule has 0 aromatic heterocycles. The van der Waals surface area contributed by atoms with Crippen LogP contribution >= 0.6 is 0 Å². The van der Waals surface area contributed by atoms with E-state index in [1.165, 1.54) is 6.08 Å². The number of rotatable bonds is 11. The van der Waals surface area contributed by atoms with Gasteiger partial charge in [0.2, 0.25) is 22.1 Å². The maximum absolute atomic E-state index is 14.0. The van der Waals surface area contributed by atoms with Crippen molar-refractivity contribution in [3.63, 3.8) is 0 Å². The summed E-state index contributed by atoms with van der Waals surface area (Å²) in [5, 5.41) is 18.7. The van der Waals surface area contributed by atoms with Crippen molar-refractivity contribution in [3.8, 4) is 0 Å². The third kappa shape index (κ3) is 9.00. The highest BCUT2D eigenvalue weighted by atomic mass is 32.2. The Bertz CT molecular complexity index is 1890. The van der Waals surface area contributed by atoms with Crippen LogP contribution in [0.5, 0.6) is 0 Å². The van der Waals surface area contributed by atoms with Gasteiger partial charge in [-0.2, -0.15) is 8.42 Å². The third-order valence-electron chi connectivity index (χ3n) is 8.63. The van der Waals surface area contributed by atoms with Crippen molar-refractivity contribution in [3.05, 3.63) is 119 Å². The van der Waals surface area contributed by atoms with E-state index in [9.17, 15) is 27.9 Å². The Morgan fingerprint density at radius 1 is 0.980 bits per heavy atom. The largest absolute Gasteiger partial charge is 0.392 e. The van der Waals surface area contributed by atoms with E-state index in [1.54, 1.807) is 54.3 Å². The number of β-amino-alcohol motifs (C(OH)–C–C–N with tert-alkyl or cyclic N) is 1. The summed E-state index contributed by atoms with van der Waals surface area (Å²) in [7, 11) is -2.57. The maximum Gasteiger partial charge on any atom is 0.252 e. The van der Waals surface area contributed by atoms with E-state index in [0.717, 1.165) is 16.8 Å². The smallest absolute Gasteiger partial charge is 0.252 e. The van der Waals surface area contributed by atoms with E-state index in [-0.39, 0.29) is 29.6 Å². The van der Waals surface area contributed by atoms with Gasteiger partial charge in [0.25, 0.3) is 5.91 Å². The Kier molecular flexibility index (Phi) is 11.3. The molecule has 0 saturated heterocycles. The number of benzene rings is 3. The number of aryl methyl sites for hydroxylation is 1. The van der Waals surface area contributed by atoms with Crippen LogP contribution in [0.2, 0.25) is 0 Å². The van der Waals surface area contributed by atoms with Crippen LogP contribution in [0.1, 0.15) is 60.7 Å². The molecular formula is C38H42N4O6S. The van der Waals surface area contributed by atoms with Gasteiger partial charge in [0.1, 0.15) is 6.04 Å². The van der Waals surface area contributed by atoms with Crippen LogP contribution in [0.25, 0.3) is 5.57 Å². The molecule has 1 aliphatic carbocycles. The third-order valence-corrected chi connectivity index (χ3v) is 9.38. The minimum atomic E-state index is -2.57. The summed E-state index contributed by atoms with van der Waals surface area (Å²) in [5.41, 5.74) is 3.79. The number of nitrogens with one attached hydrogen (secondary N) is 3. The number of aliphatic hydroxyl groups is 1. The molecule has 3 aromatic carbocycles. The number of allylic oxidation sites excluding steroid dienone is 2. The first-order chi connectivity index (χ1) is 23.4. The fourth-order valence-corrected chi connectivity index (χ4v) is 6.66. The Morgan fingerprint density at radius 3 is 2.37 bits per heavy atom. The first-order valence-electron chi connectivity index (χ1n) is 16.3. The lowest BCUT2D eigenvalue weighted by Crippen LogP contribution is -2.51. The van der Waals surface area contributed by atoms with Gasteiger partial charge in [-0.15, -0.1) is 0 Å². The summed E-state index contributed by atoms with van der Waals surface area (Å²) >= 11 is 0. The van der Waals surface area contributed by atoms with Crippen molar-refractivity contribution in [2.45, 2.75) is 70.3 Å². The van der Waals surface area contributed by atoms with Gasteiger partial charge >= 0.3 is 0 Å². The number of aliphatic hydroxyl groups excluding tert-OH is 1. The Balaban J connectivity index is 1.35. The standard InChI is InChI=1S/C38H42N4O6S/c1-25(43)23-39-38(2,3)22-34(44)40-31-21-20-28-10-7-8-14-32(28)42(37(31)46)24-26-16-18-27(19-17-26)30-13-9-15-33(49(47)48)35(30)41-36(45)29-11-5-4-6-12-29/h4-19,25,31,35,39,43H,20-24H2,1-3H3,(H,40,44)(H,41,45)/t25-,31-,35?/m1/s1. The molecule has 1 aliphatic heterocycles. The van der Waals surface area contributed by atoms with Gasteiger partial charge in [-0.05, 0) is 80.2 Å². The lowest BCUT2D eigenvalue weighted by atomic mass is 9.91. The second-order valence-electron chi connectivity index (χ2n) is 13.1. The number of anilines is 1. The lowest BCUT2D eigenvalue weighted by molar-refractivity contribution is -0.128. The van der Waals surface area contributed by atoms with Gasteiger partial charge in [0, 0.05) is 29.8 Å². The highest BCUT2D eigenvalue weighted by molar-refractivity contribution is 7.73. The quantitative estimate of drug-likeness (QED) is 0.226. The van der Waals surface area contributed by atoms with Crippen LogP contribution in [-0.2, 0) is 32.8 Å². The average molecular weight is 683 g/mol. The van der Waals surface area contributed by atoms with E-state index in [4.69, 9.17) is 0 Å². The molecule has 10 nitrogen and oxygen atoms in total. The molecule has 3 aromatic rings. The predicted molar refractivity (Wildman–Crippen MR) is 191 cm³/mol. The molecule has 11 heteroatoms. The zero-order chi connectivity index (χ0) is 35.1. The van der Waals surface area contributed by atoms with Crippen LogP contribution in [0, 0.1) is 0 Å². The van der Waals surface area contributed by atoms with E-state index in [1.807, 2.05) is 62.4 Å². The Morgan fingerprint density at radius 2 is 1.67 bits per heavy atom. The molecule has 1 heterocycles. The number of nitrogens with zero attached hydrogens (tertiary/aromatic N) is 1. The molecule has 3 amide bonds. The summed E-state index contributed by atoms with van der Waals surface area (Å²) < 4.78 is 24.3. The number of carbonyl (C=O) groups is 3. The minimum Gasteiger partial charge on any atom is -0.392 e. The first-order valence-corrected chi connectivity index (χ1v) is 17.4. The summed E-state index contributed by atoms with van der Waals surface area (Å²) in [6.45, 7) is 6.03. The Hall–Kier alpha value is -4.84. The van der Waals surface area contributed by atoms with E-state index < -0.39 is 39.9 Å². The molecule has 3 atom stereocenters. The van der Waals surface area contributed by atoms with Crippen molar-refractivity contribution in [2.24, 2.45) is 0 Å². The summed E-state index contributed by atoms with van der Waals surface area (Å²) in [4.78, 5) is 42.0. The summed E-state index contributed by atoms with van der Waals surface area (Å²) in [6, 6.07) is 22.2. The zero-order valence-electron chi connectivity index (χ0n) is 27.8. The van der Waals surface area contributed by atoms with Gasteiger partial charge < -0.3 is 26.0 Å². The van der Waals surface area contributed by atoms with Gasteiger partial charge in [-0.3, -0.25) is 14.4 Å². The van der Waals surface area contributed by atoms with Crippen LogP contribution in [-0.4, -0.2) is 66.4 Å². The summed E-state index contributed by atoms with van der Waals surface area (Å²) in [5.74, 6) is -0.861. The van der Waals surface area contributed by atoms with Crippen LogP contribution in [0.15, 0.2) is 97.1 Å². The minimum absolute atomic E-state index is 0.0489.